The van der Waals surface area contributed by atoms with Crippen molar-refractivity contribution in [2.45, 2.75) is 46.0 Å². The highest BCUT2D eigenvalue weighted by atomic mass is 35.5. The van der Waals surface area contributed by atoms with Gasteiger partial charge in [0.1, 0.15) is 0 Å². The van der Waals surface area contributed by atoms with E-state index in [9.17, 15) is 0 Å². The van der Waals surface area contributed by atoms with Crippen molar-refractivity contribution in [2.75, 3.05) is 0 Å². The van der Waals surface area contributed by atoms with Gasteiger partial charge in [0.05, 0.1) is 0 Å². The third-order valence-electron chi connectivity index (χ3n) is 1.77. The third-order valence-corrected chi connectivity index (χ3v) is 1.91. The zero-order valence-electron chi connectivity index (χ0n) is 8.49. The van der Waals surface area contributed by atoms with Gasteiger partial charge in [-0.2, -0.15) is 0 Å². The van der Waals surface area contributed by atoms with Crippen molar-refractivity contribution in [3.05, 3.63) is 0 Å². The Hall–Kier alpha value is -0.590. The molecule has 1 atom stereocenters. The van der Waals surface area contributed by atoms with E-state index in [-0.39, 0.29) is 0 Å². The van der Waals surface area contributed by atoms with Gasteiger partial charge in [-0.15, -0.1) is 11.8 Å². The predicted octanol–water partition coefficient (Wildman–Crippen LogP) is 3.80. The second-order valence-corrected chi connectivity index (χ2v) is 3.32. The molecule has 0 nitrogen and oxygen atoms in total. The molecule has 0 rings (SSSR count). The van der Waals surface area contributed by atoms with Gasteiger partial charge in [0, 0.05) is 24.1 Å². The first-order valence-corrected chi connectivity index (χ1v) is 5.26. The maximum absolute atomic E-state index is 5.23. The maximum atomic E-state index is 5.23. The first-order chi connectivity index (χ1) is 6.31. The number of rotatable bonds is 4. The van der Waals surface area contributed by atoms with Gasteiger partial charge in [-0.25, -0.2) is 0 Å². The molecule has 13 heavy (non-hydrogen) atoms. The Morgan fingerprint density at radius 3 is 2.62 bits per heavy atom. The summed E-state index contributed by atoms with van der Waals surface area (Å²) in [6.45, 7) is 4.32. The Bertz CT molecular complexity index is 221. The topological polar surface area (TPSA) is 0 Å². The van der Waals surface area contributed by atoms with Gasteiger partial charge >= 0.3 is 0 Å². The fourth-order valence-electron chi connectivity index (χ4n) is 0.920. The maximum Gasteiger partial charge on any atom is 0.0183 e. The summed E-state index contributed by atoms with van der Waals surface area (Å²) >= 11 is 5.23. The zero-order chi connectivity index (χ0) is 9.94. The van der Waals surface area contributed by atoms with Crippen LogP contribution in [0, 0.1) is 29.1 Å². The van der Waals surface area contributed by atoms with Gasteiger partial charge in [0.15, 0.2) is 0 Å². The van der Waals surface area contributed by atoms with Crippen LogP contribution in [0.25, 0.3) is 0 Å². The summed E-state index contributed by atoms with van der Waals surface area (Å²) in [6, 6.07) is 0. The summed E-state index contributed by atoms with van der Waals surface area (Å²) in [6.07, 6.45) is 5.34. The van der Waals surface area contributed by atoms with E-state index >= 15 is 0 Å². The number of halogens is 1. The molecule has 1 unspecified atom stereocenters. The molecule has 0 spiro atoms. The quantitative estimate of drug-likeness (QED) is 0.474. The lowest BCUT2D eigenvalue weighted by atomic mass is 10.1. The molecule has 0 fully saturated rings. The lowest BCUT2D eigenvalue weighted by Gasteiger charge is -1.97. The fraction of sp³-hybridized carbons (Fsp3) is 0.667. The molecule has 0 aliphatic carbocycles. The Labute approximate surface area is 87.1 Å². The van der Waals surface area contributed by atoms with E-state index in [2.05, 4.69) is 37.0 Å². The Morgan fingerprint density at radius 2 is 2.00 bits per heavy atom. The average molecular weight is 197 g/mol. The van der Waals surface area contributed by atoms with Crippen LogP contribution < -0.4 is 0 Å². The van der Waals surface area contributed by atoms with Crippen LogP contribution in [-0.2, 0) is 0 Å². The first kappa shape index (κ1) is 12.4. The van der Waals surface area contributed by atoms with Crippen molar-refractivity contribution >= 4 is 11.6 Å². The standard InChI is InChI=1S/C12H17Cl/c1-3-4-5-6-9-12(2)10-7-8-11-13/h12H,3-5,7,10H2,1-2H3. The summed E-state index contributed by atoms with van der Waals surface area (Å²) in [4.78, 5) is 0. The Kier molecular flexibility index (Phi) is 9.07. The van der Waals surface area contributed by atoms with Crippen LogP contribution in [0.5, 0.6) is 0 Å². The van der Waals surface area contributed by atoms with Crippen molar-refractivity contribution in [1.29, 1.82) is 0 Å². The number of hydrogen-bond acceptors (Lipinski definition) is 0. The largest absolute Gasteiger partial charge is 0.103 e. The predicted molar refractivity (Wildman–Crippen MR) is 59.3 cm³/mol. The van der Waals surface area contributed by atoms with Gasteiger partial charge in [-0.05, 0) is 24.4 Å². The van der Waals surface area contributed by atoms with E-state index in [0.717, 1.165) is 19.3 Å². The highest BCUT2D eigenvalue weighted by molar-refractivity contribution is 6.30. The molecule has 72 valence electrons. The molecule has 1 heteroatoms. The molecular formula is C12H17Cl. The van der Waals surface area contributed by atoms with Gasteiger partial charge < -0.3 is 0 Å². The molecule has 0 heterocycles. The Balaban J connectivity index is 3.49. The minimum atomic E-state index is 0.453. The molecule has 0 N–H and O–H groups in total. The van der Waals surface area contributed by atoms with Crippen LogP contribution in [0.1, 0.15) is 46.0 Å². The first-order valence-electron chi connectivity index (χ1n) is 4.88. The van der Waals surface area contributed by atoms with E-state index < -0.39 is 0 Å². The monoisotopic (exact) mass is 196 g/mol. The molecule has 0 aromatic carbocycles. The second-order valence-electron chi connectivity index (χ2n) is 3.14. The molecule has 0 saturated carbocycles. The Morgan fingerprint density at radius 1 is 1.23 bits per heavy atom. The van der Waals surface area contributed by atoms with Gasteiger partial charge in [-0.3, -0.25) is 0 Å². The summed E-state index contributed by atoms with van der Waals surface area (Å²) < 4.78 is 0. The van der Waals surface area contributed by atoms with E-state index in [1.807, 2.05) is 0 Å². The summed E-state index contributed by atoms with van der Waals surface area (Å²) in [5.74, 6) is 9.68. The normalized spacial score (nSPS) is 10.7. The van der Waals surface area contributed by atoms with Crippen molar-refractivity contribution in [2.24, 2.45) is 5.92 Å². The van der Waals surface area contributed by atoms with Crippen LogP contribution in [0.4, 0.5) is 0 Å². The van der Waals surface area contributed by atoms with E-state index in [4.69, 9.17) is 11.6 Å². The molecule has 0 bridgehead atoms. The SMILES string of the molecule is CCCCC#CC(C)CCC#CCl. The zero-order valence-corrected chi connectivity index (χ0v) is 9.25. The van der Waals surface area contributed by atoms with Crippen LogP contribution in [0.15, 0.2) is 0 Å². The van der Waals surface area contributed by atoms with E-state index in [0.29, 0.717) is 5.92 Å². The molecular weight excluding hydrogens is 180 g/mol. The van der Waals surface area contributed by atoms with Gasteiger partial charge in [-0.1, -0.05) is 26.2 Å². The lowest BCUT2D eigenvalue weighted by molar-refractivity contribution is 0.685. The van der Waals surface area contributed by atoms with Crippen LogP contribution in [0.3, 0.4) is 0 Å². The average Bonchev–Trinajstić information content (AvgIpc) is 2.13. The van der Waals surface area contributed by atoms with Gasteiger partial charge in [0.25, 0.3) is 0 Å². The molecule has 0 aromatic rings. The summed E-state index contributed by atoms with van der Waals surface area (Å²) in [5.41, 5.74) is 0. The molecule has 0 aromatic heterocycles. The molecule has 0 aliphatic rings. The number of hydrogen-bond donors (Lipinski definition) is 0. The van der Waals surface area contributed by atoms with Crippen LogP contribution in [-0.4, -0.2) is 0 Å². The smallest absolute Gasteiger partial charge is 0.0183 e. The third kappa shape index (κ3) is 9.32. The fourth-order valence-corrected chi connectivity index (χ4v) is 1.01. The molecule has 0 saturated heterocycles. The van der Waals surface area contributed by atoms with E-state index in [1.54, 1.807) is 0 Å². The van der Waals surface area contributed by atoms with Crippen molar-refractivity contribution in [3.63, 3.8) is 0 Å². The summed E-state index contributed by atoms with van der Waals surface area (Å²) in [5, 5.41) is 2.37. The van der Waals surface area contributed by atoms with E-state index in [1.165, 1.54) is 12.8 Å². The second kappa shape index (κ2) is 9.50. The van der Waals surface area contributed by atoms with Crippen LogP contribution in [0.2, 0.25) is 0 Å². The summed E-state index contributed by atoms with van der Waals surface area (Å²) in [7, 11) is 0. The lowest BCUT2D eigenvalue weighted by Crippen LogP contribution is -1.88. The minimum absolute atomic E-state index is 0.453. The van der Waals surface area contributed by atoms with Crippen molar-refractivity contribution in [3.8, 4) is 23.1 Å². The van der Waals surface area contributed by atoms with Crippen molar-refractivity contribution < 1.29 is 0 Å². The molecule has 0 amide bonds. The molecule has 0 aliphatic heterocycles. The van der Waals surface area contributed by atoms with Gasteiger partial charge in [0.2, 0.25) is 0 Å². The number of unbranched alkanes of at least 4 members (excludes halogenated alkanes) is 2. The molecule has 0 radical (unpaired) electrons. The van der Waals surface area contributed by atoms with Crippen LogP contribution >= 0.6 is 11.6 Å². The van der Waals surface area contributed by atoms with Crippen molar-refractivity contribution in [1.82, 2.24) is 0 Å². The highest BCUT2D eigenvalue weighted by Gasteiger charge is 1.93. The minimum Gasteiger partial charge on any atom is -0.103 e. The highest BCUT2D eigenvalue weighted by Crippen LogP contribution is 2.03.